The fourth-order valence-electron chi connectivity index (χ4n) is 4.29. The molecular formula is C30H33Cl2N3O4. The van der Waals surface area contributed by atoms with Gasteiger partial charge in [0, 0.05) is 40.5 Å². The maximum Gasteiger partial charge on any atom is 0.412 e. The molecule has 2 aromatic carbocycles. The average molecular weight is 571 g/mol. The number of nitrogens with zero attached hydrogens (tertiary/aromatic N) is 1. The van der Waals surface area contributed by atoms with E-state index in [0.717, 1.165) is 28.9 Å². The zero-order valence-electron chi connectivity index (χ0n) is 22.5. The van der Waals surface area contributed by atoms with Gasteiger partial charge in [0.05, 0.1) is 29.1 Å². The van der Waals surface area contributed by atoms with E-state index >= 15 is 0 Å². The number of carbonyl (C=O) groups is 2. The number of amides is 1. The van der Waals surface area contributed by atoms with E-state index in [4.69, 9.17) is 37.7 Å². The number of pyridine rings is 1. The van der Waals surface area contributed by atoms with Crippen molar-refractivity contribution in [2.24, 2.45) is 5.92 Å². The molecule has 1 aliphatic rings. The molecule has 1 aliphatic carbocycles. The molecule has 1 fully saturated rings. The number of anilines is 2. The first-order valence-electron chi connectivity index (χ1n) is 12.9. The summed E-state index contributed by atoms with van der Waals surface area (Å²) in [6.45, 7) is 6.09. The van der Waals surface area contributed by atoms with Gasteiger partial charge >= 0.3 is 12.1 Å². The Bertz CT molecular complexity index is 1340. The normalized spacial score (nSPS) is 13.9. The van der Waals surface area contributed by atoms with Crippen molar-refractivity contribution in [3.8, 4) is 11.1 Å². The summed E-state index contributed by atoms with van der Waals surface area (Å²) in [4.78, 5) is 29.0. The van der Waals surface area contributed by atoms with Crippen LogP contribution >= 0.6 is 23.2 Å². The Kier molecular flexibility index (Phi) is 9.03. The molecule has 1 amide bonds. The van der Waals surface area contributed by atoms with Crippen LogP contribution in [0.4, 0.5) is 16.2 Å². The number of rotatable bonds is 9. The van der Waals surface area contributed by atoms with Crippen LogP contribution in [0.15, 0.2) is 54.7 Å². The summed E-state index contributed by atoms with van der Waals surface area (Å²) < 4.78 is 10.2. The van der Waals surface area contributed by atoms with Gasteiger partial charge in [-0.15, -0.1) is 0 Å². The van der Waals surface area contributed by atoms with E-state index in [1.54, 1.807) is 42.6 Å². The van der Waals surface area contributed by atoms with Crippen LogP contribution in [0.25, 0.3) is 11.1 Å². The van der Waals surface area contributed by atoms with Crippen LogP contribution in [0.1, 0.15) is 62.0 Å². The number of benzene rings is 2. The molecule has 9 heteroatoms. The highest BCUT2D eigenvalue weighted by Gasteiger charge is 2.27. The van der Waals surface area contributed by atoms with Gasteiger partial charge in [0.25, 0.3) is 0 Å². The highest BCUT2D eigenvalue weighted by atomic mass is 35.5. The third kappa shape index (κ3) is 8.10. The van der Waals surface area contributed by atoms with Gasteiger partial charge in [-0.2, -0.15) is 0 Å². The SMILES string of the molecule is COC(=O)c1ccc(NCC(CC2CC2)c2ccc(-c3cc(Cl)ccc3NC(=O)OC(C)(C)C)cn2)c(Cl)c1. The number of hydrogen-bond donors (Lipinski definition) is 2. The molecular weight excluding hydrogens is 537 g/mol. The van der Waals surface area contributed by atoms with Crippen LogP contribution in [-0.2, 0) is 9.47 Å². The van der Waals surface area contributed by atoms with Gasteiger partial charge in [0.2, 0.25) is 0 Å². The Morgan fingerprint density at radius 1 is 1.05 bits per heavy atom. The van der Waals surface area contributed by atoms with Crippen LogP contribution in [0.5, 0.6) is 0 Å². The molecule has 4 rings (SSSR count). The highest BCUT2D eigenvalue weighted by molar-refractivity contribution is 6.33. The van der Waals surface area contributed by atoms with Crippen molar-refractivity contribution in [2.75, 3.05) is 24.3 Å². The molecule has 7 nitrogen and oxygen atoms in total. The van der Waals surface area contributed by atoms with Crippen molar-refractivity contribution in [1.29, 1.82) is 0 Å². The highest BCUT2D eigenvalue weighted by Crippen LogP contribution is 2.39. The molecule has 3 aromatic rings. The summed E-state index contributed by atoms with van der Waals surface area (Å²) in [6, 6.07) is 14.4. The quantitative estimate of drug-likeness (QED) is 0.252. The number of esters is 1. The number of hydrogen-bond acceptors (Lipinski definition) is 6. The fourth-order valence-corrected chi connectivity index (χ4v) is 4.70. The average Bonchev–Trinajstić information content (AvgIpc) is 3.71. The second kappa shape index (κ2) is 12.3. The topological polar surface area (TPSA) is 89.6 Å². The Hall–Kier alpha value is -3.29. The molecule has 1 saturated carbocycles. The van der Waals surface area contributed by atoms with Crippen molar-refractivity contribution in [2.45, 2.75) is 51.6 Å². The molecule has 1 aromatic heterocycles. The molecule has 0 aliphatic heterocycles. The van der Waals surface area contributed by atoms with E-state index in [2.05, 4.69) is 10.6 Å². The molecule has 2 N–H and O–H groups in total. The van der Waals surface area contributed by atoms with E-state index < -0.39 is 17.7 Å². The summed E-state index contributed by atoms with van der Waals surface area (Å²) in [7, 11) is 1.34. The maximum absolute atomic E-state index is 12.4. The smallest absolute Gasteiger partial charge is 0.412 e. The molecule has 1 atom stereocenters. The van der Waals surface area contributed by atoms with E-state index in [-0.39, 0.29) is 5.92 Å². The molecule has 0 saturated heterocycles. The van der Waals surface area contributed by atoms with Gasteiger partial charge in [-0.3, -0.25) is 10.3 Å². The Morgan fingerprint density at radius 3 is 2.41 bits per heavy atom. The summed E-state index contributed by atoms with van der Waals surface area (Å²) in [5.41, 5.74) is 3.67. The number of ether oxygens (including phenoxy) is 2. The predicted octanol–water partition coefficient (Wildman–Crippen LogP) is 8.18. The van der Waals surface area contributed by atoms with Crippen LogP contribution < -0.4 is 10.6 Å². The maximum atomic E-state index is 12.4. The number of halogens is 2. The van der Waals surface area contributed by atoms with Gasteiger partial charge in [-0.05, 0) is 75.6 Å². The Balaban J connectivity index is 1.51. The number of methoxy groups -OCH3 is 1. The van der Waals surface area contributed by atoms with Crippen molar-refractivity contribution in [1.82, 2.24) is 4.98 Å². The first kappa shape index (κ1) is 28.7. The summed E-state index contributed by atoms with van der Waals surface area (Å²) in [6.07, 6.45) is 4.74. The monoisotopic (exact) mass is 569 g/mol. The van der Waals surface area contributed by atoms with Gasteiger partial charge in [-0.25, -0.2) is 9.59 Å². The van der Waals surface area contributed by atoms with Crippen LogP contribution in [-0.4, -0.2) is 36.3 Å². The minimum absolute atomic E-state index is 0.168. The molecule has 1 heterocycles. The van der Waals surface area contributed by atoms with Crippen LogP contribution in [0.2, 0.25) is 10.0 Å². The third-order valence-corrected chi connectivity index (χ3v) is 6.92. The lowest BCUT2D eigenvalue weighted by atomic mass is 9.96. The zero-order chi connectivity index (χ0) is 28.2. The molecule has 0 bridgehead atoms. The van der Waals surface area contributed by atoms with Crippen molar-refractivity contribution in [3.05, 3.63) is 76.0 Å². The molecule has 39 heavy (non-hydrogen) atoms. The first-order valence-corrected chi connectivity index (χ1v) is 13.7. The number of aromatic nitrogens is 1. The Labute approximate surface area is 239 Å². The van der Waals surface area contributed by atoms with Gasteiger partial charge in [0.1, 0.15) is 5.60 Å². The van der Waals surface area contributed by atoms with Crippen LogP contribution in [0, 0.1) is 5.92 Å². The summed E-state index contributed by atoms with van der Waals surface area (Å²) >= 11 is 12.7. The first-order chi connectivity index (χ1) is 18.5. The lowest BCUT2D eigenvalue weighted by Crippen LogP contribution is -2.27. The summed E-state index contributed by atoms with van der Waals surface area (Å²) in [5.74, 6) is 0.429. The van der Waals surface area contributed by atoms with E-state index in [1.165, 1.54) is 20.0 Å². The van der Waals surface area contributed by atoms with Crippen molar-refractivity contribution >= 4 is 46.6 Å². The van der Waals surface area contributed by atoms with Crippen molar-refractivity contribution < 1.29 is 19.1 Å². The van der Waals surface area contributed by atoms with Gasteiger partial charge in [0.15, 0.2) is 0 Å². The number of carbonyl (C=O) groups excluding carboxylic acids is 2. The van der Waals surface area contributed by atoms with Crippen molar-refractivity contribution in [3.63, 3.8) is 0 Å². The largest absolute Gasteiger partial charge is 0.465 e. The molecule has 0 spiro atoms. The molecule has 0 radical (unpaired) electrons. The lowest BCUT2D eigenvalue weighted by molar-refractivity contribution is 0.0598. The van der Waals surface area contributed by atoms with E-state index in [0.29, 0.717) is 33.8 Å². The standard InChI is InChI=1S/C30H33Cl2N3O4/c1-30(2,3)39-29(37)35-26-12-9-22(31)15-23(26)20-8-10-25(33-16-20)21(13-18-5-6-18)17-34-27-11-7-19(14-24(27)32)28(36)38-4/h7-12,14-16,18,21,34H,5-6,13,17H2,1-4H3,(H,35,37). The van der Waals surface area contributed by atoms with E-state index in [1.807, 2.05) is 32.9 Å². The zero-order valence-corrected chi connectivity index (χ0v) is 24.0. The van der Waals surface area contributed by atoms with Crippen LogP contribution in [0.3, 0.4) is 0 Å². The van der Waals surface area contributed by atoms with Gasteiger partial charge < -0.3 is 14.8 Å². The van der Waals surface area contributed by atoms with Gasteiger partial charge in [-0.1, -0.05) is 42.1 Å². The number of nitrogens with one attached hydrogen (secondary N) is 2. The molecule has 1 unspecified atom stereocenters. The summed E-state index contributed by atoms with van der Waals surface area (Å²) in [5, 5.41) is 7.26. The third-order valence-electron chi connectivity index (χ3n) is 6.38. The minimum atomic E-state index is -0.613. The second-order valence-corrected chi connectivity index (χ2v) is 11.6. The lowest BCUT2D eigenvalue weighted by Gasteiger charge is -2.21. The minimum Gasteiger partial charge on any atom is -0.465 e. The Morgan fingerprint density at radius 2 is 1.79 bits per heavy atom. The van der Waals surface area contributed by atoms with E-state index in [9.17, 15) is 9.59 Å². The molecule has 206 valence electrons. The second-order valence-electron chi connectivity index (χ2n) is 10.7. The fraction of sp³-hybridized carbons (Fsp3) is 0.367. The predicted molar refractivity (Wildman–Crippen MR) is 156 cm³/mol.